The number of benzene rings is 3. The first kappa shape index (κ1) is 25.6. The molecule has 5 heteroatoms. The Morgan fingerprint density at radius 1 is 1.00 bits per heavy atom. The Balaban J connectivity index is 1.39. The maximum absolute atomic E-state index is 11.6. The Bertz CT molecular complexity index is 1180. The normalized spacial score (nSPS) is 14.3. The van der Waals surface area contributed by atoms with Gasteiger partial charge in [-0.25, -0.2) is 0 Å². The highest BCUT2D eigenvalue weighted by molar-refractivity contribution is 5.71. The molecule has 4 rings (SSSR count). The van der Waals surface area contributed by atoms with Gasteiger partial charge in [0.25, 0.3) is 0 Å². The summed E-state index contributed by atoms with van der Waals surface area (Å²) in [5.41, 5.74) is 5.65. The number of rotatable bonds is 11. The molecule has 1 aliphatic rings. The van der Waals surface area contributed by atoms with Crippen LogP contribution in [0, 0.1) is 12.8 Å². The molecule has 0 saturated carbocycles. The number of ether oxygens (including phenoxy) is 4. The molecule has 190 valence electrons. The summed E-state index contributed by atoms with van der Waals surface area (Å²) < 4.78 is 22.7. The van der Waals surface area contributed by atoms with Crippen molar-refractivity contribution in [1.29, 1.82) is 0 Å². The van der Waals surface area contributed by atoms with Crippen LogP contribution < -0.4 is 14.2 Å². The second-order valence-electron chi connectivity index (χ2n) is 9.45. The first-order valence-electron chi connectivity index (χ1n) is 12.8. The van der Waals surface area contributed by atoms with Crippen molar-refractivity contribution in [2.45, 2.75) is 52.6 Å². The number of aryl methyl sites for hydroxylation is 1. The van der Waals surface area contributed by atoms with E-state index in [-0.39, 0.29) is 11.9 Å². The lowest BCUT2D eigenvalue weighted by atomic mass is 9.98. The molecule has 0 fully saturated rings. The Hall–Kier alpha value is -3.47. The molecule has 1 aliphatic heterocycles. The van der Waals surface area contributed by atoms with Gasteiger partial charge >= 0.3 is 5.97 Å². The van der Waals surface area contributed by atoms with E-state index in [4.69, 9.17) is 18.9 Å². The average molecular weight is 489 g/mol. The molecule has 0 radical (unpaired) electrons. The van der Waals surface area contributed by atoms with Gasteiger partial charge in [0.15, 0.2) is 0 Å². The van der Waals surface area contributed by atoms with Crippen LogP contribution >= 0.6 is 0 Å². The summed E-state index contributed by atoms with van der Waals surface area (Å²) in [6, 6.07) is 20.6. The van der Waals surface area contributed by atoms with E-state index in [1.807, 2.05) is 18.2 Å². The molecule has 0 saturated heterocycles. The van der Waals surface area contributed by atoms with E-state index in [9.17, 15) is 4.79 Å². The van der Waals surface area contributed by atoms with Crippen LogP contribution in [0.15, 0.2) is 60.7 Å². The van der Waals surface area contributed by atoms with Crippen molar-refractivity contribution in [3.63, 3.8) is 0 Å². The lowest BCUT2D eigenvalue weighted by Crippen LogP contribution is -2.10. The summed E-state index contributed by atoms with van der Waals surface area (Å²) in [6.07, 6.45) is 2.59. The first-order valence-corrected chi connectivity index (χ1v) is 12.8. The van der Waals surface area contributed by atoms with Gasteiger partial charge in [0.05, 0.1) is 26.7 Å². The average Bonchev–Trinajstić information content (AvgIpc) is 3.30. The smallest absolute Gasteiger partial charge is 0.306 e. The lowest BCUT2D eigenvalue weighted by molar-refractivity contribution is -0.141. The van der Waals surface area contributed by atoms with E-state index < -0.39 is 0 Å². The third-order valence-electron chi connectivity index (χ3n) is 6.99. The first-order chi connectivity index (χ1) is 17.5. The minimum Gasteiger partial charge on any atom is -0.493 e. The highest BCUT2D eigenvalue weighted by atomic mass is 16.5. The van der Waals surface area contributed by atoms with Crippen molar-refractivity contribution in [3.8, 4) is 28.4 Å². The van der Waals surface area contributed by atoms with Crippen molar-refractivity contribution in [1.82, 2.24) is 0 Å². The molecule has 1 atom stereocenters. The van der Waals surface area contributed by atoms with Crippen molar-refractivity contribution in [2.24, 2.45) is 5.92 Å². The molecule has 36 heavy (non-hydrogen) atoms. The van der Waals surface area contributed by atoms with Gasteiger partial charge in [0.1, 0.15) is 23.9 Å². The molecular formula is C31H36O5. The summed E-state index contributed by atoms with van der Waals surface area (Å²) in [6.45, 7) is 8.25. The van der Waals surface area contributed by atoms with Gasteiger partial charge in [-0.15, -0.1) is 0 Å². The second-order valence-corrected chi connectivity index (χ2v) is 9.45. The summed E-state index contributed by atoms with van der Waals surface area (Å²) in [7, 11) is 1.41. The Kier molecular flexibility index (Phi) is 8.52. The van der Waals surface area contributed by atoms with Crippen LogP contribution in [0.4, 0.5) is 0 Å². The summed E-state index contributed by atoms with van der Waals surface area (Å²) in [4.78, 5) is 11.6. The zero-order valence-electron chi connectivity index (χ0n) is 21.7. The molecule has 1 unspecified atom stereocenters. The van der Waals surface area contributed by atoms with Gasteiger partial charge in [-0.2, -0.15) is 0 Å². The van der Waals surface area contributed by atoms with Gasteiger partial charge in [0, 0.05) is 17.5 Å². The predicted molar refractivity (Wildman–Crippen MR) is 142 cm³/mol. The zero-order chi connectivity index (χ0) is 25.5. The number of carbonyl (C=O) groups is 1. The van der Waals surface area contributed by atoms with Crippen molar-refractivity contribution in [3.05, 3.63) is 77.4 Å². The third-order valence-corrected chi connectivity index (χ3v) is 6.99. The fraction of sp³-hybridized carbons (Fsp3) is 0.387. The number of fused-ring (bicyclic) bond motifs is 1. The van der Waals surface area contributed by atoms with Crippen molar-refractivity contribution >= 4 is 5.97 Å². The topological polar surface area (TPSA) is 54.0 Å². The minimum atomic E-state index is -0.226. The molecule has 0 N–H and O–H groups in total. The molecule has 0 spiro atoms. The zero-order valence-corrected chi connectivity index (χ0v) is 21.7. The van der Waals surface area contributed by atoms with E-state index in [2.05, 4.69) is 63.2 Å². The molecule has 5 nitrogen and oxygen atoms in total. The standard InChI is InChI=1S/C31H36O5/c1-5-22(6-2)18-34-26-10-12-28(21(3)14-26)24-9-7-8-23(15-24)19-35-27-11-13-29-25(16-31(32)33-4)20-36-30(29)17-27/h7-15,17,22,25H,5-6,16,18-20H2,1-4H3. The largest absolute Gasteiger partial charge is 0.493 e. The minimum absolute atomic E-state index is 0.0259. The predicted octanol–water partition coefficient (Wildman–Crippen LogP) is 7.10. The number of esters is 1. The van der Waals surface area contributed by atoms with Gasteiger partial charge in [-0.3, -0.25) is 4.79 Å². The maximum atomic E-state index is 11.6. The monoisotopic (exact) mass is 488 g/mol. The summed E-state index contributed by atoms with van der Waals surface area (Å²) in [5, 5.41) is 0. The second kappa shape index (κ2) is 12.0. The van der Waals surface area contributed by atoms with E-state index in [0.29, 0.717) is 25.6 Å². The Morgan fingerprint density at radius 3 is 2.53 bits per heavy atom. The molecule has 0 aliphatic carbocycles. The van der Waals surface area contributed by atoms with Gasteiger partial charge in [-0.05, 0) is 59.4 Å². The van der Waals surface area contributed by atoms with Gasteiger partial charge in [0.2, 0.25) is 0 Å². The van der Waals surface area contributed by atoms with E-state index in [1.54, 1.807) is 0 Å². The van der Waals surface area contributed by atoms with E-state index in [1.165, 1.54) is 18.2 Å². The third kappa shape index (κ3) is 6.20. The molecule has 3 aromatic rings. The molecule has 0 amide bonds. The highest BCUT2D eigenvalue weighted by Crippen LogP contribution is 2.38. The molecular weight excluding hydrogens is 452 g/mol. The fourth-order valence-corrected chi connectivity index (χ4v) is 4.58. The number of carbonyl (C=O) groups excluding carboxylic acids is 1. The molecule has 0 bridgehead atoms. The number of hydrogen-bond donors (Lipinski definition) is 0. The van der Waals surface area contributed by atoms with Crippen molar-refractivity contribution < 1.29 is 23.7 Å². The molecule has 3 aromatic carbocycles. The van der Waals surface area contributed by atoms with E-state index in [0.717, 1.165) is 53.4 Å². The summed E-state index contributed by atoms with van der Waals surface area (Å²) in [5.74, 6) is 2.84. The molecule has 0 aromatic heterocycles. The van der Waals surface area contributed by atoms with Crippen LogP contribution in [0.5, 0.6) is 17.2 Å². The molecule has 1 heterocycles. The van der Waals surface area contributed by atoms with Gasteiger partial charge in [-0.1, -0.05) is 57.0 Å². The summed E-state index contributed by atoms with van der Waals surface area (Å²) >= 11 is 0. The van der Waals surface area contributed by atoms with E-state index >= 15 is 0 Å². The van der Waals surface area contributed by atoms with Gasteiger partial charge < -0.3 is 18.9 Å². The lowest BCUT2D eigenvalue weighted by Gasteiger charge is -2.15. The van der Waals surface area contributed by atoms with Crippen LogP contribution in [-0.2, 0) is 16.1 Å². The number of methoxy groups -OCH3 is 1. The van der Waals surface area contributed by atoms with Crippen LogP contribution in [0.1, 0.15) is 55.7 Å². The van der Waals surface area contributed by atoms with Crippen LogP contribution in [-0.4, -0.2) is 26.3 Å². The quantitative estimate of drug-likeness (QED) is 0.270. The van der Waals surface area contributed by atoms with Crippen molar-refractivity contribution in [2.75, 3.05) is 20.3 Å². The van der Waals surface area contributed by atoms with Crippen LogP contribution in [0.2, 0.25) is 0 Å². The SMILES string of the molecule is CCC(CC)COc1ccc(-c2cccc(COc3ccc4c(c3)OCC4CC(=O)OC)c2)c(C)c1. The van der Waals surface area contributed by atoms with Crippen LogP contribution in [0.3, 0.4) is 0 Å². The fourth-order valence-electron chi connectivity index (χ4n) is 4.58. The maximum Gasteiger partial charge on any atom is 0.306 e. The Morgan fingerprint density at radius 2 is 1.78 bits per heavy atom. The number of hydrogen-bond acceptors (Lipinski definition) is 5. The van der Waals surface area contributed by atoms with Crippen LogP contribution in [0.25, 0.3) is 11.1 Å². The Labute approximate surface area is 214 Å². The highest BCUT2D eigenvalue weighted by Gasteiger charge is 2.27.